The Kier molecular flexibility index (Phi) is 4.91. The minimum atomic E-state index is 0.00685. The Morgan fingerprint density at radius 2 is 1.36 bits per heavy atom. The van der Waals surface area contributed by atoms with Gasteiger partial charge in [0.2, 0.25) is 5.91 Å². The summed E-state index contributed by atoms with van der Waals surface area (Å²) in [6.07, 6.45) is 1.69. The number of aromatic nitrogens is 1. The van der Waals surface area contributed by atoms with Crippen LogP contribution in [0, 0.1) is 5.92 Å². The molecule has 0 atom stereocenters. The number of hydrogen-bond donors (Lipinski definition) is 1. The number of pyridine rings is 1. The zero-order chi connectivity index (χ0) is 22.2. The highest BCUT2D eigenvalue weighted by molar-refractivity contribution is 6.12. The second-order valence-corrected chi connectivity index (χ2v) is 8.80. The first-order chi connectivity index (χ1) is 16.3. The van der Waals surface area contributed by atoms with E-state index in [1.54, 1.807) is 0 Å². The van der Waals surface area contributed by atoms with Crippen LogP contribution in [0.15, 0.2) is 91.0 Å². The van der Waals surface area contributed by atoms with Crippen molar-refractivity contribution >= 4 is 49.9 Å². The third-order valence-electron chi connectivity index (χ3n) is 6.80. The molecule has 1 aliphatic heterocycles. The second kappa shape index (κ2) is 8.21. The van der Waals surface area contributed by atoms with Crippen molar-refractivity contribution < 1.29 is 4.79 Å². The molecular formula is C29H25N3O. The lowest BCUT2D eigenvalue weighted by molar-refractivity contribution is -0.120. The summed E-state index contributed by atoms with van der Waals surface area (Å²) in [5.74, 6) is 0.113. The first kappa shape index (κ1) is 19.7. The zero-order valence-corrected chi connectivity index (χ0v) is 18.4. The third kappa shape index (κ3) is 3.68. The molecule has 4 heteroatoms. The highest BCUT2D eigenvalue weighted by atomic mass is 16.1. The van der Waals surface area contributed by atoms with Crippen LogP contribution in [-0.4, -0.2) is 24.0 Å². The predicted molar refractivity (Wildman–Crippen MR) is 137 cm³/mol. The molecule has 0 spiro atoms. The van der Waals surface area contributed by atoms with E-state index in [1.165, 1.54) is 16.5 Å². The van der Waals surface area contributed by atoms with Crippen molar-refractivity contribution in [2.24, 2.45) is 5.92 Å². The smallest absolute Gasteiger partial charge is 0.227 e. The number of nitrogens with zero attached hydrogens (tertiary/aromatic N) is 2. The molecule has 1 fully saturated rings. The van der Waals surface area contributed by atoms with Crippen LogP contribution in [0.1, 0.15) is 12.8 Å². The van der Waals surface area contributed by atoms with Crippen LogP contribution < -0.4 is 10.2 Å². The summed E-state index contributed by atoms with van der Waals surface area (Å²) < 4.78 is 0. The average Bonchev–Trinajstić information content (AvgIpc) is 2.88. The van der Waals surface area contributed by atoms with E-state index in [4.69, 9.17) is 4.98 Å². The molecule has 5 aromatic rings. The Bertz CT molecular complexity index is 1430. The van der Waals surface area contributed by atoms with Gasteiger partial charge in [-0.05, 0) is 47.9 Å². The summed E-state index contributed by atoms with van der Waals surface area (Å²) >= 11 is 0. The van der Waals surface area contributed by atoms with Gasteiger partial charge in [0.15, 0.2) is 0 Å². The molecule has 0 bridgehead atoms. The Morgan fingerprint density at radius 3 is 2.06 bits per heavy atom. The first-order valence-corrected chi connectivity index (χ1v) is 11.6. The van der Waals surface area contributed by atoms with Gasteiger partial charge in [-0.15, -0.1) is 0 Å². The van der Waals surface area contributed by atoms with Crippen LogP contribution in [-0.2, 0) is 4.79 Å². The van der Waals surface area contributed by atoms with Crippen molar-refractivity contribution in [3.63, 3.8) is 0 Å². The lowest BCUT2D eigenvalue weighted by Gasteiger charge is -2.33. The average molecular weight is 432 g/mol. The SMILES string of the molecule is O=C(Nc1c2ccccc2nc2ccccc12)C1CCN(c2ccc3ccccc3c2)CC1. The summed E-state index contributed by atoms with van der Waals surface area (Å²) in [6.45, 7) is 1.77. The number of piperidine rings is 1. The number of carbonyl (C=O) groups excluding carboxylic acids is 1. The van der Waals surface area contributed by atoms with Crippen LogP contribution in [0.3, 0.4) is 0 Å². The molecule has 4 nitrogen and oxygen atoms in total. The maximum Gasteiger partial charge on any atom is 0.227 e. The Labute approximate surface area is 192 Å². The van der Waals surface area contributed by atoms with Crippen LogP contribution in [0.25, 0.3) is 32.6 Å². The molecule has 1 aromatic heterocycles. The summed E-state index contributed by atoms with van der Waals surface area (Å²) in [5, 5.41) is 7.76. The van der Waals surface area contributed by atoms with Gasteiger partial charge >= 0.3 is 0 Å². The van der Waals surface area contributed by atoms with Gasteiger partial charge in [-0.25, -0.2) is 4.98 Å². The van der Waals surface area contributed by atoms with E-state index in [0.29, 0.717) is 0 Å². The summed E-state index contributed by atoms with van der Waals surface area (Å²) in [4.78, 5) is 20.5. The largest absolute Gasteiger partial charge is 0.371 e. The minimum absolute atomic E-state index is 0.00685. The van der Waals surface area contributed by atoms with Crippen molar-refractivity contribution in [2.45, 2.75) is 12.8 Å². The van der Waals surface area contributed by atoms with Gasteiger partial charge in [0.05, 0.1) is 16.7 Å². The number of rotatable bonds is 3. The van der Waals surface area contributed by atoms with E-state index in [0.717, 1.165) is 53.4 Å². The van der Waals surface area contributed by atoms with Gasteiger partial charge in [0.25, 0.3) is 0 Å². The van der Waals surface area contributed by atoms with Crippen molar-refractivity contribution in [3.8, 4) is 0 Å². The van der Waals surface area contributed by atoms with E-state index in [9.17, 15) is 4.79 Å². The number of nitrogens with one attached hydrogen (secondary N) is 1. The monoisotopic (exact) mass is 431 g/mol. The quantitative estimate of drug-likeness (QED) is 0.336. The number of fused-ring (bicyclic) bond motifs is 3. The molecule has 1 saturated heterocycles. The molecule has 4 aromatic carbocycles. The van der Waals surface area contributed by atoms with Crippen LogP contribution in [0.2, 0.25) is 0 Å². The van der Waals surface area contributed by atoms with E-state index in [1.807, 2.05) is 48.5 Å². The summed E-state index contributed by atoms with van der Waals surface area (Å²) in [7, 11) is 0. The fourth-order valence-corrected chi connectivity index (χ4v) is 4.97. The highest BCUT2D eigenvalue weighted by Gasteiger charge is 2.26. The Balaban J connectivity index is 1.22. The number of carbonyl (C=O) groups is 1. The molecule has 0 aliphatic carbocycles. The maximum absolute atomic E-state index is 13.3. The van der Waals surface area contributed by atoms with Crippen molar-refractivity contribution in [2.75, 3.05) is 23.3 Å². The van der Waals surface area contributed by atoms with E-state index in [-0.39, 0.29) is 11.8 Å². The van der Waals surface area contributed by atoms with Gasteiger partial charge in [-0.3, -0.25) is 4.79 Å². The normalized spacial score (nSPS) is 14.7. The predicted octanol–water partition coefficient (Wildman–Crippen LogP) is 6.40. The second-order valence-electron chi connectivity index (χ2n) is 8.80. The number of para-hydroxylation sites is 2. The summed E-state index contributed by atoms with van der Waals surface area (Å²) in [6, 6.07) is 31.1. The standard InChI is InChI=1S/C29H25N3O/c33-29(31-28-24-9-3-5-11-26(24)30-27-12-6-4-10-25(27)28)21-15-17-32(18-16-21)23-14-13-20-7-1-2-8-22(20)19-23/h1-14,19,21H,15-18H2,(H,30,31,33). The highest BCUT2D eigenvalue weighted by Crippen LogP contribution is 2.32. The fourth-order valence-electron chi connectivity index (χ4n) is 4.97. The topological polar surface area (TPSA) is 45.2 Å². The number of amides is 1. The summed E-state index contributed by atoms with van der Waals surface area (Å²) in [5.41, 5.74) is 3.91. The molecule has 2 heterocycles. The van der Waals surface area contributed by atoms with Gasteiger partial charge < -0.3 is 10.2 Å². The van der Waals surface area contributed by atoms with E-state index in [2.05, 4.69) is 52.7 Å². The van der Waals surface area contributed by atoms with Gasteiger partial charge in [0, 0.05) is 35.5 Å². The molecule has 0 saturated carbocycles. The first-order valence-electron chi connectivity index (χ1n) is 11.6. The minimum Gasteiger partial charge on any atom is -0.371 e. The number of anilines is 2. The molecule has 0 radical (unpaired) electrons. The molecule has 6 rings (SSSR count). The lowest BCUT2D eigenvalue weighted by atomic mass is 9.94. The van der Waals surface area contributed by atoms with Gasteiger partial charge in [-0.2, -0.15) is 0 Å². The maximum atomic E-state index is 13.3. The van der Waals surface area contributed by atoms with E-state index < -0.39 is 0 Å². The van der Waals surface area contributed by atoms with Crippen molar-refractivity contribution in [1.29, 1.82) is 0 Å². The molecule has 1 amide bonds. The zero-order valence-electron chi connectivity index (χ0n) is 18.4. The molecule has 1 N–H and O–H groups in total. The van der Waals surface area contributed by atoms with Gasteiger partial charge in [0.1, 0.15) is 0 Å². The number of hydrogen-bond acceptors (Lipinski definition) is 3. The fraction of sp³-hybridized carbons (Fsp3) is 0.172. The Morgan fingerprint density at radius 1 is 0.758 bits per heavy atom. The Hall–Kier alpha value is -3.92. The molecule has 162 valence electrons. The molecular weight excluding hydrogens is 406 g/mol. The van der Waals surface area contributed by atoms with Crippen LogP contribution >= 0.6 is 0 Å². The van der Waals surface area contributed by atoms with Crippen molar-refractivity contribution in [3.05, 3.63) is 91.0 Å². The third-order valence-corrected chi connectivity index (χ3v) is 6.80. The van der Waals surface area contributed by atoms with E-state index >= 15 is 0 Å². The molecule has 33 heavy (non-hydrogen) atoms. The van der Waals surface area contributed by atoms with Crippen molar-refractivity contribution in [1.82, 2.24) is 4.98 Å². The van der Waals surface area contributed by atoms with Crippen LogP contribution in [0.5, 0.6) is 0 Å². The lowest BCUT2D eigenvalue weighted by Crippen LogP contribution is -2.38. The molecule has 1 aliphatic rings. The van der Waals surface area contributed by atoms with Gasteiger partial charge in [-0.1, -0.05) is 66.7 Å². The van der Waals surface area contributed by atoms with Crippen LogP contribution in [0.4, 0.5) is 11.4 Å². The number of benzene rings is 4. The molecule has 0 unspecified atom stereocenters.